The lowest BCUT2D eigenvalue weighted by atomic mass is 10.2. The summed E-state index contributed by atoms with van der Waals surface area (Å²) in [6.07, 6.45) is 0. The summed E-state index contributed by atoms with van der Waals surface area (Å²) < 4.78 is 0. The first-order valence-electron chi connectivity index (χ1n) is 5.02. The van der Waals surface area contributed by atoms with E-state index in [9.17, 15) is 0 Å². The van der Waals surface area contributed by atoms with Crippen molar-refractivity contribution < 1.29 is 0 Å². The Kier molecular flexibility index (Phi) is 4.86. The number of anilines is 1. The van der Waals surface area contributed by atoms with Crippen molar-refractivity contribution in [1.29, 1.82) is 0 Å². The minimum atomic E-state index is 0.474. The number of halogens is 1. The normalized spacial score (nSPS) is 11.1. The van der Waals surface area contributed by atoms with E-state index in [1.165, 1.54) is 0 Å². The summed E-state index contributed by atoms with van der Waals surface area (Å²) in [6, 6.07) is 8.12. The van der Waals surface area contributed by atoms with Gasteiger partial charge in [-0.05, 0) is 24.6 Å². The van der Waals surface area contributed by atoms with E-state index >= 15 is 0 Å². The molecule has 86 valence electrons. The summed E-state index contributed by atoms with van der Waals surface area (Å²) in [5.41, 5.74) is 2.25. The third-order valence-electron chi connectivity index (χ3n) is 2.00. The van der Waals surface area contributed by atoms with E-state index in [4.69, 9.17) is 11.6 Å². The summed E-state index contributed by atoms with van der Waals surface area (Å²) >= 11 is 5.64. The number of hydrogen-bond donors (Lipinski definition) is 2. The zero-order valence-electron chi connectivity index (χ0n) is 9.55. The Morgan fingerprint density at radius 3 is 2.88 bits per heavy atom. The van der Waals surface area contributed by atoms with Crippen LogP contribution in [0, 0.1) is 0 Å². The van der Waals surface area contributed by atoms with Crippen LogP contribution in [0.25, 0.3) is 0 Å². The van der Waals surface area contributed by atoms with Crippen molar-refractivity contribution in [3.63, 3.8) is 0 Å². The molecule has 1 aromatic rings. The van der Waals surface area contributed by atoms with Crippen LogP contribution in [0.1, 0.15) is 12.5 Å². The van der Waals surface area contributed by atoms with Gasteiger partial charge in [0, 0.05) is 19.3 Å². The second-order valence-electron chi connectivity index (χ2n) is 3.36. The lowest BCUT2D eigenvalue weighted by Gasteiger charge is -2.07. The summed E-state index contributed by atoms with van der Waals surface area (Å²) in [5, 5.41) is 6.65. The largest absolute Gasteiger partial charge is 0.388 e. The molecule has 0 amide bonds. The molecule has 0 radical (unpaired) electrons. The van der Waals surface area contributed by atoms with Crippen LogP contribution in [0.2, 0.25) is 0 Å². The van der Waals surface area contributed by atoms with E-state index in [0.29, 0.717) is 17.5 Å². The Labute approximate surface area is 101 Å². The monoisotopic (exact) mass is 237 g/mol. The molecule has 0 saturated heterocycles. The lowest BCUT2D eigenvalue weighted by Crippen LogP contribution is -2.11. The number of hydrogen-bond acceptors (Lipinski definition) is 3. The summed E-state index contributed by atoms with van der Waals surface area (Å²) in [4.78, 5) is 4.00. The Morgan fingerprint density at radius 1 is 1.50 bits per heavy atom. The average molecular weight is 238 g/mol. The molecule has 0 aliphatic carbocycles. The van der Waals surface area contributed by atoms with Gasteiger partial charge in [0.2, 0.25) is 0 Å². The van der Waals surface area contributed by atoms with Gasteiger partial charge in [0.05, 0.1) is 0 Å². The van der Waals surface area contributed by atoms with Gasteiger partial charge in [0.25, 0.3) is 0 Å². The third-order valence-corrected chi connectivity index (χ3v) is 2.09. The minimum Gasteiger partial charge on any atom is -0.388 e. The zero-order chi connectivity index (χ0) is 12.0. The molecule has 0 heterocycles. The minimum absolute atomic E-state index is 0.474. The molecule has 2 N–H and O–H groups in total. The fraction of sp³-hybridized carbons (Fsp3) is 0.250. The summed E-state index contributed by atoms with van der Waals surface area (Å²) in [7, 11) is 1.90. The van der Waals surface area contributed by atoms with Crippen molar-refractivity contribution in [2.45, 2.75) is 13.5 Å². The molecule has 1 aromatic carbocycles. The van der Waals surface area contributed by atoms with E-state index in [0.717, 1.165) is 11.3 Å². The molecule has 0 spiro atoms. The fourth-order valence-corrected chi connectivity index (χ4v) is 1.37. The predicted molar refractivity (Wildman–Crippen MR) is 70.9 cm³/mol. The fourth-order valence-electron chi connectivity index (χ4n) is 1.27. The highest BCUT2D eigenvalue weighted by molar-refractivity contribution is 6.64. The smallest absolute Gasteiger partial charge is 0.120 e. The van der Waals surface area contributed by atoms with Crippen LogP contribution in [-0.2, 0) is 6.54 Å². The average Bonchev–Trinajstić information content (AvgIpc) is 2.26. The van der Waals surface area contributed by atoms with Crippen LogP contribution in [0.5, 0.6) is 0 Å². The van der Waals surface area contributed by atoms with Crippen LogP contribution in [0.3, 0.4) is 0 Å². The highest BCUT2D eigenvalue weighted by atomic mass is 35.5. The van der Waals surface area contributed by atoms with E-state index in [1.54, 1.807) is 6.92 Å². The molecule has 0 aromatic heterocycles. The second kappa shape index (κ2) is 6.18. The van der Waals surface area contributed by atoms with Crippen LogP contribution >= 0.6 is 11.6 Å². The Balaban J connectivity index is 2.54. The van der Waals surface area contributed by atoms with Gasteiger partial charge in [0.1, 0.15) is 11.0 Å². The van der Waals surface area contributed by atoms with Crippen molar-refractivity contribution in [2.75, 3.05) is 12.4 Å². The standard InChI is InChI=1S/C12H16ClN3/c1-9(13)16-10(2)15-8-11-5-4-6-12(7-11)14-3/h4-7,14-15H,2,8H2,1,3H3/b16-9+. The molecule has 1 rings (SSSR count). The first-order chi connectivity index (χ1) is 7.61. The highest BCUT2D eigenvalue weighted by Gasteiger charge is 1.95. The van der Waals surface area contributed by atoms with Crippen molar-refractivity contribution in [2.24, 2.45) is 4.99 Å². The van der Waals surface area contributed by atoms with Crippen LogP contribution in [-0.4, -0.2) is 12.2 Å². The van der Waals surface area contributed by atoms with Gasteiger partial charge in [-0.15, -0.1) is 0 Å². The maximum Gasteiger partial charge on any atom is 0.120 e. The van der Waals surface area contributed by atoms with E-state index < -0.39 is 0 Å². The molecule has 0 aliphatic heterocycles. The Hall–Kier alpha value is -1.48. The van der Waals surface area contributed by atoms with Crippen LogP contribution in [0.4, 0.5) is 5.69 Å². The van der Waals surface area contributed by atoms with E-state index in [-0.39, 0.29) is 0 Å². The molecule has 0 saturated carbocycles. The second-order valence-corrected chi connectivity index (χ2v) is 3.91. The number of nitrogens with one attached hydrogen (secondary N) is 2. The number of nitrogens with zero attached hydrogens (tertiary/aromatic N) is 1. The highest BCUT2D eigenvalue weighted by Crippen LogP contribution is 2.09. The molecule has 0 aliphatic rings. The predicted octanol–water partition coefficient (Wildman–Crippen LogP) is 2.95. The first-order valence-corrected chi connectivity index (χ1v) is 5.40. The van der Waals surface area contributed by atoms with Crippen LogP contribution in [0.15, 0.2) is 41.7 Å². The van der Waals surface area contributed by atoms with Gasteiger partial charge in [-0.25, -0.2) is 4.99 Å². The van der Waals surface area contributed by atoms with Gasteiger partial charge in [-0.3, -0.25) is 0 Å². The molecule has 3 nitrogen and oxygen atoms in total. The van der Waals surface area contributed by atoms with Crippen molar-refractivity contribution in [3.05, 3.63) is 42.2 Å². The lowest BCUT2D eigenvalue weighted by molar-refractivity contribution is 0.805. The molecule has 0 unspecified atom stereocenters. The Morgan fingerprint density at radius 2 is 2.25 bits per heavy atom. The van der Waals surface area contributed by atoms with Crippen molar-refractivity contribution in [1.82, 2.24) is 5.32 Å². The molecular weight excluding hydrogens is 222 g/mol. The molecular formula is C12H16ClN3. The van der Waals surface area contributed by atoms with E-state index in [1.807, 2.05) is 25.2 Å². The first kappa shape index (κ1) is 12.6. The molecule has 4 heteroatoms. The quantitative estimate of drug-likeness (QED) is 0.773. The summed E-state index contributed by atoms with van der Waals surface area (Å²) in [5.74, 6) is 0.572. The topological polar surface area (TPSA) is 36.4 Å². The SMILES string of the molecule is C=C(/N=C(\C)Cl)NCc1cccc(NC)c1. The maximum atomic E-state index is 5.64. The van der Waals surface area contributed by atoms with Crippen molar-refractivity contribution in [3.8, 4) is 0 Å². The van der Waals surface area contributed by atoms with Gasteiger partial charge < -0.3 is 10.6 Å². The number of aliphatic imine (C=N–C) groups is 1. The maximum absolute atomic E-state index is 5.64. The molecule has 0 atom stereocenters. The Bertz CT molecular complexity index is 395. The van der Waals surface area contributed by atoms with Gasteiger partial charge in [0.15, 0.2) is 0 Å². The molecule has 0 fully saturated rings. The zero-order valence-corrected chi connectivity index (χ0v) is 10.3. The van der Waals surface area contributed by atoms with Gasteiger partial charge >= 0.3 is 0 Å². The summed E-state index contributed by atoms with van der Waals surface area (Å²) in [6.45, 7) is 6.15. The van der Waals surface area contributed by atoms with Gasteiger partial charge in [-0.2, -0.15) is 0 Å². The van der Waals surface area contributed by atoms with Crippen LogP contribution < -0.4 is 10.6 Å². The number of benzene rings is 1. The third kappa shape index (κ3) is 4.36. The molecule has 0 bridgehead atoms. The van der Waals surface area contributed by atoms with Crippen molar-refractivity contribution >= 4 is 22.5 Å². The van der Waals surface area contributed by atoms with Gasteiger partial charge in [-0.1, -0.05) is 30.3 Å². The van der Waals surface area contributed by atoms with E-state index in [2.05, 4.69) is 28.3 Å². The molecule has 16 heavy (non-hydrogen) atoms. The number of rotatable bonds is 5.